The summed E-state index contributed by atoms with van der Waals surface area (Å²) in [5, 5.41) is 4.82. The molecule has 4 nitrogen and oxygen atoms in total. The van der Waals surface area contributed by atoms with Crippen molar-refractivity contribution in [1.29, 1.82) is 0 Å². The molecule has 0 aromatic carbocycles. The van der Waals surface area contributed by atoms with Gasteiger partial charge in [0.05, 0.1) is 0 Å². The maximum Gasteiger partial charge on any atom is 0.321 e. The van der Waals surface area contributed by atoms with Crippen LogP contribution in [0, 0.1) is 5.92 Å². The molecular formula is C9H18N2O2. The van der Waals surface area contributed by atoms with Gasteiger partial charge in [-0.05, 0) is 12.3 Å². The fourth-order valence-electron chi connectivity index (χ4n) is 0.734. The highest BCUT2D eigenvalue weighted by atomic mass is 16.2. The molecule has 0 aromatic rings. The van der Waals surface area contributed by atoms with Crippen LogP contribution in [-0.4, -0.2) is 18.5 Å². The van der Waals surface area contributed by atoms with E-state index in [-0.39, 0.29) is 5.91 Å². The molecule has 4 heteroatoms. The molecule has 0 saturated carbocycles. The largest absolute Gasteiger partial charge is 0.338 e. The van der Waals surface area contributed by atoms with Crippen LogP contribution in [0.2, 0.25) is 0 Å². The van der Waals surface area contributed by atoms with Gasteiger partial charge in [-0.25, -0.2) is 4.79 Å². The summed E-state index contributed by atoms with van der Waals surface area (Å²) in [6.45, 7) is 6.48. The summed E-state index contributed by atoms with van der Waals surface area (Å²) in [5.41, 5.74) is 0. The van der Waals surface area contributed by atoms with E-state index in [9.17, 15) is 9.59 Å². The fraction of sp³-hybridized carbons (Fsp3) is 0.778. The second-order valence-corrected chi connectivity index (χ2v) is 3.34. The van der Waals surface area contributed by atoms with Crippen LogP contribution >= 0.6 is 0 Å². The summed E-state index contributed by atoms with van der Waals surface area (Å²) in [6, 6.07) is -0.396. The third-order valence-electron chi connectivity index (χ3n) is 1.58. The Bertz CT molecular complexity index is 178. The van der Waals surface area contributed by atoms with E-state index in [1.54, 1.807) is 6.92 Å². The van der Waals surface area contributed by atoms with E-state index >= 15 is 0 Å². The summed E-state index contributed by atoms with van der Waals surface area (Å²) in [5.74, 6) is 0.309. The van der Waals surface area contributed by atoms with Crippen LogP contribution in [0.3, 0.4) is 0 Å². The van der Waals surface area contributed by atoms with Crippen molar-refractivity contribution in [2.75, 3.05) is 6.54 Å². The van der Waals surface area contributed by atoms with E-state index in [0.717, 1.165) is 6.42 Å². The number of nitrogens with one attached hydrogen (secondary N) is 2. The molecular weight excluding hydrogens is 168 g/mol. The van der Waals surface area contributed by atoms with Crippen molar-refractivity contribution < 1.29 is 9.59 Å². The standard InChI is InChI=1S/C9H18N2O2/c1-4-8(12)11-9(13)10-6-5-7(2)3/h7H,4-6H2,1-3H3,(H2,10,11,12,13). The summed E-state index contributed by atoms with van der Waals surface area (Å²) in [4.78, 5) is 21.7. The van der Waals surface area contributed by atoms with Crippen LogP contribution in [0.1, 0.15) is 33.6 Å². The number of imide groups is 1. The Morgan fingerprint density at radius 3 is 2.38 bits per heavy atom. The first-order chi connectivity index (χ1) is 6.06. The molecule has 0 fully saturated rings. The molecule has 3 amide bonds. The highest BCUT2D eigenvalue weighted by molar-refractivity contribution is 5.94. The number of hydrogen-bond acceptors (Lipinski definition) is 2. The molecule has 0 saturated heterocycles. The number of urea groups is 1. The molecule has 0 rings (SSSR count). The number of carbonyl (C=O) groups is 2. The quantitative estimate of drug-likeness (QED) is 0.694. The average molecular weight is 186 g/mol. The van der Waals surface area contributed by atoms with Gasteiger partial charge in [0.25, 0.3) is 0 Å². The minimum atomic E-state index is -0.396. The van der Waals surface area contributed by atoms with Gasteiger partial charge in [-0.1, -0.05) is 20.8 Å². The lowest BCUT2D eigenvalue weighted by molar-refractivity contribution is -0.119. The number of rotatable bonds is 4. The van der Waals surface area contributed by atoms with Crippen molar-refractivity contribution in [2.24, 2.45) is 5.92 Å². The van der Waals surface area contributed by atoms with Gasteiger partial charge in [0.2, 0.25) is 5.91 Å². The monoisotopic (exact) mass is 186 g/mol. The van der Waals surface area contributed by atoms with Crippen LogP contribution < -0.4 is 10.6 Å². The second-order valence-electron chi connectivity index (χ2n) is 3.34. The fourth-order valence-corrected chi connectivity index (χ4v) is 0.734. The van der Waals surface area contributed by atoms with E-state index in [1.807, 2.05) is 0 Å². The third-order valence-corrected chi connectivity index (χ3v) is 1.58. The molecule has 76 valence electrons. The molecule has 0 heterocycles. The molecule has 0 aliphatic rings. The summed E-state index contributed by atoms with van der Waals surface area (Å²) >= 11 is 0. The molecule has 0 aliphatic heterocycles. The van der Waals surface area contributed by atoms with Gasteiger partial charge in [0.15, 0.2) is 0 Å². The third kappa shape index (κ3) is 7.31. The summed E-state index contributed by atoms with van der Waals surface area (Å²) < 4.78 is 0. The lowest BCUT2D eigenvalue weighted by atomic mass is 10.1. The predicted molar refractivity (Wildman–Crippen MR) is 51.3 cm³/mol. The average Bonchev–Trinajstić information content (AvgIpc) is 2.03. The van der Waals surface area contributed by atoms with E-state index in [0.29, 0.717) is 18.9 Å². The topological polar surface area (TPSA) is 58.2 Å². The first-order valence-corrected chi connectivity index (χ1v) is 4.64. The maximum atomic E-state index is 11.0. The van der Waals surface area contributed by atoms with Crippen molar-refractivity contribution in [3.8, 4) is 0 Å². The second kappa shape index (κ2) is 6.46. The molecule has 0 aliphatic carbocycles. The van der Waals surface area contributed by atoms with E-state index < -0.39 is 6.03 Å². The minimum absolute atomic E-state index is 0.248. The van der Waals surface area contributed by atoms with Gasteiger partial charge < -0.3 is 5.32 Å². The van der Waals surface area contributed by atoms with E-state index in [1.165, 1.54) is 0 Å². The SMILES string of the molecule is CCC(=O)NC(=O)NCCC(C)C. The molecule has 0 radical (unpaired) electrons. The minimum Gasteiger partial charge on any atom is -0.338 e. The van der Waals surface area contributed by atoms with Crippen LogP contribution in [0.5, 0.6) is 0 Å². The lowest BCUT2D eigenvalue weighted by Gasteiger charge is -2.07. The smallest absolute Gasteiger partial charge is 0.321 e. The van der Waals surface area contributed by atoms with Crippen LogP contribution in [0.4, 0.5) is 4.79 Å². The Hall–Kier alpha value is -1.06. The zero-order valence-electron chi connectivity index (χ0n) is 8.52. The number of hydrogen-bond donors (Lipinski definition) is 2. The molecule has 0 unspecified atom stereocenters. The molecule has 2 N–H and O–H groups in total. The lowest BCUT2D eigenvalue weighted by Crippen LogP contribution is -2.39. The predicted octanol–water partition coefficient (Wildman–Crippen LogP) is 1.27. The highest BCUT2D eigenvalue weighted by Crippen LogP contribution is 1.95. The Balaban J connectivity index is 3.46. The Kier molecular flexibility index (Phi) is 5.93. The molecule has 0 bridgehead atoms. The van der Waals surface area contributed by atoms with Crippen LogP contribution in [0.15, 0.2) is 0 Å². The van der Waals surface area contributed by atoms with Crippen molar-refractivity contribution in [2.45, 2.75) is 33.6 Å². The normalized spacial score (nSPS) is 9.85. The van der Waals surface area contributed by atoms with Gasteiger partial charge in [-0.15, -0.1) is 0 Å². The molecule has 13 heavy (non-hydrogen) atoms. The van der Waals surface area contributed by atoms with Gasteiger partial charge in [0, 0.05) is 13.0 Å². The van der Waals surface area contributed by atoms with Gasteiger partial charge in [0.1, 0.15) is 0 Å². The van der Waals surface area contributed by atoms with Crippen molar-refractivity contribution in [1.82, 2.24) is 10.6 Å². The Morgan fingerprint density at radius 1 is 1.31 bits per heavy atom. The van der Waals surface area contributed by atoms with Crippen molar-refractivity contribution >= 4 is 11.9 Å². The maximum absolute atomic E-state index is 11.0. The van der Waals surface area contributed by atoms with Gasteiger partial charge >= 0.3 is 6.03 Å². The zero-order valence-corrected chi connectivity index (χ0v) is 8.52. The van der Waals surface area contributed by atoms with E-state index in [2.05, 4.69) is 24.5 Å². The van der Waals surface area contributed by atoms with E-state index in [4.69, 9.17) is 0 Å². The molecule has 0 aromatic heterocycles. The first-order valence-electron chi connectivity index (χ1n) is 4.64. The first kappa shape index (κ1) is 11.9. The number of amides is 3. The van der Waals surface area contributed by atoms with Crippen LogP contribution in [-0.2, 0) is 4.79 Å². The summed E-state index contributed by atoms with van der Waals surface area (Å²) in [7, 11) is 0. The molecule has 0 spiro atoms. The Morgan fingerprint density at radius 2 is 1.92 bits per heavy atom. The van der Waals surface area contributed by atoms with Gasteiger partial charge in [-0.2, -0.15) is 0 Å². The molecule has 0 atom stereocenters. The van der Waals surface area contributed by atoms with Crippen LogP contribution in [0.25, 0.3) is 0 Å². The van der Waals surface area contributed by atoms with Gasteiger partial charge in [-0.3, -0.25) is 10.1 Å². The highest BCUT2D eigenvalue weighted by Gasteiger charge is 2.03. The van der Waals surface area contributed by atoms with Crippen molar-refractivity contribution in [3.05, 3.63) is 0 Å². The zero-order chi connectivity index (χ0) is 10.3. The number of carbonyl (C=O) groups excluding carboxylic acids is 2. The van der Waals surface area contributed by atoms with Crippen molar-refractivity contribution in [3.63, 3.8) is 0 Å². The summed E-state index contributed by atoms with van der Waals surface area (Å²) in [6.07, 6.45) is 1.26. The Labute approximate surface area is 79.1 Å².